The van der Waals surface area contributed by atoms with Gasteiger partial charge in [0.05, 0.1) is 18.3 Å². The van der Waals surface area contributed by atoms with Crippen LogP contribution in [0.15, 0.2) is 0 Å². The monoisotopic (exact) mass is 214 g/mol. The number of hydrogen-bond donors (Lipinski definition) is 2. The molecule has 4 aliphatic rings. The lowest BCUT2D eigenvalue weighted by molar-refractivity contribution is -0.404. The van der Waals surface area contributed by atoms with Gasteiger partial charge in [0.2, 0.25) is 0 Å². The molecular formula is C11H18O4. The highest BCUT2D eigenvalue weighted by Gasteiger charge is 2.63. The molecule has 4 nitrogen and oxygen atoms in total. The van der Waals surface area contributed by atoms with Crippen LogP contribution in [0, 0.1) is 5.92 Å². The van der Waals surface area contributed by atoms with Crippen LogP contribution >= 0.6 is 0 Å². The van der Waals surface area contributed by atoms with E-state index in [0.29, 0.717) is 12.3 Å². The van der Waals surface area contributed by atoms with E-state index in [-0.39, 0.29) is 18.5 Å². The summed E-state index contributed by atoms with van der Waals surface area (Å²) >= 11 is 0. The summed E-state index contributed by atoms with van der Waals surface area (Å²) < 4.78 is 11.3. The van der Waals surface area contributed by atoms with Crippen LogP contribution in [0.2, 0.25) is 0 Å². The first-order chi connectivity index (χ1) is 7.16. The first-order valence-electron chi connectivity index (χ1n) is 5.87. The van der Waals surface area contributed by atoms with Crippen molar-refractivity contribution in [1.82, 2.24) is 0 Å². The maximum absolute atomic E-state index is 10.6. The first kappa shape index (κ1) is 10.0. The fourth-order valence-corrected chi connectivity index (χ4v) is 3.39. The Morgan fingerprint density at radius 2 is 2.13 bits per heavy atom. The molecule has 86 valence electrons. The Kier molecular flexibility index (Phi) is 2.12. The van der Waals surface area contributed by atoms with Gasteiger partial charge in [-0.15, -0.1) is 0 Å². The van der Waals surface area contributed by atoms with E-state index in [9.17, 15) is 10.2 Å². The van der Waals surface area contributed by atoms with Gasteiger partial charge >= 0.3 is 0 Å². The Labute approximate surface area is 89.2 Å². The summed E-state index contributed by atoms with van der Waals surface area (Å²) in [6.45, 7) is 2.10. The van der Waals surface area contributed by atoms with Gasteiger partial charge in [0.1, 0.15) is 5.60 Å². The van der Waals surface area contributed by atoms with Crippen LogP contribution in [0.4, 0.5) is 0 Å². The fourth-order valence-electron chi connectivity index (χ4n) is 3.39. The highest BCUT2D eigenvalue weighted by molar-refractivity contribution is 5.11. The minimum atomic E-state index is -1.16. The fraction of sp³-hybridized carbons (Fsp3) is 1.00. The second kappa shape index (κ2) is 3.17. The molecule has 4 heteroatoms. The van der Waals surface area contributed by atoms with Crippen LogP contribution in [-0.4, -0.2) is 40.4 Å². The Morgan fingerprint density at radius 1 is 1.33 bits per heavy atom. The van der Waals surface area contributed by atoms with Gasteiger partial charge in [-0.05, 0) is 18.8 Å². The molecule has 0 aromatic heterocycles. The Bertz CT molecular complexity index is 269. The molecule has 0 unspecified atom stereocenters. The summed E-state index contributed by atoms with van der Waals surface area (Å²) in [6.07, 6.45) is 1.79. The average Bonchev–Trinajstić information content (AvgIpc) is 2.19. The van der Waals surface area contributed by atoms with Crippen molar-refractivity contribution in [3.8, 4) is 0 Å². The van der Waals surface area contributed by atoms with E-state index < -0.39 is 11.7 Å². The second-order valence-corrected chi connectivity index (χ2v) is 5.00. The molecule has 3 heterocycles. The number of hydrogen-bond acceptors (Lipinski definition) is 4. The van der Waals surface area contributed by atoms with Crippen molar-refractivity contribution in [2.24, 2.45) is 5.92 Å². The molecule has 4 rings (SSSR count). The maximum Gasteiger partial charge on any atom is 0.161 e. The lowest BCUT2D eigenvalue weighted by Gasteiger charge is -2.60. The van der Waals surface area contributed by atoms with Gasteiger partial charge in [-0.3, -0.25) is 0 Å². The molecular weight excluding hydrogens is 196 g/mol. The van der Waals surface area contributed by atoms with Crippen molar-refractivity contribution in [1.29, 1.82) is 0 Å². The molecule has 15 heavy (non-hydrogen) atoms. The number of rotatable bonds is 1. The molecule has 6 atom stereocenters. The van der Waals surface area contributed by atoms with E-state index in [1.54, 1.807) is 0 Å². The third-order valence-electron chi connectivity index (χ3n) is 4.29. The first-order valence-corrected chi connectivity index (χ1v) is 5.87. The molecule has 1 aliphatic carbocycles. The van der Waals surface area contributed by atoms with Crippen LogP contribution in [-0.2, 0) is 9.47 Å². The molecule has 4 bridgehead atoms. The molecule has 3 aliphatic heterocycles. The van der Waals surface area contributed by atoms with Crippen molar-refractivity contribution in [2.45, 2.75) is 62.8 Å². The van der Waals surface area contributed by atoms with Crippen molar-refractivity contribution < 1.29 is 19.7 Å². The Hall–Kier alpha value is -0.160. The van der Waals surface area contributed by atoms with Crippen molar-refractivity contribution in [2.75, 3.05) is 0 Å². The number of aliphatic hydroxyl groups excluding tert-OH is 1. The van der Waals surface area contributed by atoms with Crippen LogP contribution in [0.25, 0.3) is 0 Å². The second-order valence-electron chi connectivity index (χ2n) is 5.00. The smallest absolute Gasteiger partial charge is 0.161 e. The zero-order valence-electron chi connectivity index (χ0n) is 8.93. The minimum absolute atomic E-state index is 0.229. The molecule has 4 fully saturated rings. The van der Waals surface area contributed by atoms with Gasteiger partial charge in [-0.2, -0.15) is 0 Å². The van der Waals surface area contributed by atoms with Gasteiger partial charge in [-0.25, -0.2) is 0 Å². The maximum atomic E-state index is 10.6. The zero-order chi connectivity index (χ0) is 10.6. The number of ether oxygens (including phenoxy) is 2. The number of aliphatic hydroxyl groups is 2. The van der Waals surface area contributed by atoms with E-state index >= 15 is 0 Å². The van der Waals surface area contributed by atoms with Crippen LogP contribution in [0.3, 0.4) is 0 Å². The summed E-state index contributed by atoms with van der Waals surface area (Å²) in [7, 11) is 0. The van der Waals surface area contributed by atoms with Crippen LogP contribution < -0.4 is 0 Å². The predicted molar refractivity (Wildman–Crippen MR) is 52.1 cm³/mol. The molecule has 0 amide bonds. The quantitative estimate of drug-likeness (QED) is 0.664. The van der Waals surface area contributed by atoms with E-state index in [1.165, 1.54) is 0 Å². The highest BCUT2D eigenvalue weighted by atomic mass is 16.7. The van der Waals surface area contributed by atoms with Crippen molar-refractivity contribution >= 4 is 0 Å². The zero-order valence-corrected chi connectivity index (χ0v) is 8.93. The third kappa shape index (κ3) is 1.16. The van der Waals surface area contributed by atoms with Gasteiger partial charge in [0, 0.05) is 6.42 Å². The molecule has 1 saturated carbocycles. The predicted octanol–water partition coefficient (Wildman–Crippen LogP) is 0.412. The van der Waals surface area contributed by atoms with E-state index in [1.807, 2.05) is 0 Å². The third-order valence-corrected chi connectivity index (χ3v) is 4.29. The highest BCUT2D eigenvalue weighted by Crippen LogP contribution is 2.49. The molecule has 0 radical (unpaired) electrons. The SMILES string of the molecule is CC[C@@H]1CC[C@@H]2O[C@H]3C[C@H](O)[C@]2(O)[C@@H]1O3. The summed E-state index contributed by atoms with van der Waals surface area (Å²) in [4.78, 5) is 0. The molecule has 0 aromatic rings. The van der Waals surface area contributed by atoms with Gasteiger partial charge in [-0.1, -0.05) is 13.3 Å². The Balaban J connectivity index is 1.96. The van der Waals surface area contributed by atoms with Crippen LogP contribution in [0.1, 0.15) is 32.6 Å². The standard InChI is InChI=1S/C11H18O4/c1-2-6-3-4-8-11(13)7(12)5-9(14-8)15-10(6)11/h6-10,12-13H,2-5H2,1H3/t6-,7+,8+,9-,10-,11-/m1/s1. The Morgan fingerprint density at radius 3 is 2.87 bits per heavy atom. The van der Waals surface area contributed by atoms with E-state index in [2.05, 4.69) is 6.92 Å². The summed E-state index contributed by atoms with van der Waals surface area (Å²) in [5.74, 6) is 0.354. The van der Waals surface area contributed by atoms with Gasteiger partial charge in [0.15, 0.2) is 6.29 Å². The summed E-state index contributed by atoms with van der Waals surface area (Å²) in [6, 6.07) is 0. The van der Waals surface area contributed by atoms with Crippen molar-refractivity contribution in [3.05, 3.63) is 0 Å². The van der Waals surface area contributed by atoms with Gasteiger partial charge < -0.3 is 19.7 Å². The molecule has 3 saturated heterocycles. The molecule has 0 aromatic carbocycles. The topological polar surface area (TPSA) is 58.9 Å². The number of fused-ring (bicyclic) bond motifs is 1. The molecule has 0 spiro atoms. The summed E-state index contributed by atoms with van der Waals surface area (Å²) in [5.41, 5.74) is -1.16. The minimum Gasteiger partial charge on any atom is -0.390 e. The van der Waals surface area contributed by atoms with Gasteiger partial charge in [0.25, 0.3) is 0 Å². The largest absolute Gasteiger partial charge is 0.390 e. The lowest BCUT2D eigenvalue weighted by Crippen LogP contribution is -2.74. The van der Waals surface area contributed by atoms with Crippen LogP contribution in [0.5, 0.6) is 0 Å². The van der Waals surface area contributed by atoms with E-state index in [0.717, 1.165) is 19.3 Å². The van der Waals surface area contributed by atoms with Crippen molar-refractivity contribution in [3.63, 3.8) is 0 Å². The van der Waals surface area contributed by atoms with E-state index in [4.69, 9.17) is 9.47 Å². The summed E-state index contributed by atoms with van der Waals surface area (Å²) in [5, 5.41) is 20.5. The normalized spacial score (nSPS) is 58.2. The average molecular weight is 214 g/mol. The molecule has 2 N–H and O–H groups in total. The lowest BCUT2D eigenvalue weighted by atomic mass is 9.66.